The van der Waals surface area contributed by atoms with Crippen molar-refractivity contribution in [2.75, 3.05) is 7.11 Å². The van der Waals surface area contributed by atoms with Gasteiger partial charge in [0.25, 0.3) is 0 Å². The average Bonchev–Trinajstić information content (AvgIpc) is 3.67. The summed E-state index contributed by atoms with van der Waals surface area (Å²) in [6.07, 6.45) is 11.5. The Bertz CT molecular complexity index is 2170. The van der Waals surface area contributed by atoms with Crippen molar-refractivity contribution < 1.29 is 22.1 Å². The van der Waals surface area contributed by atoms with Crippen LogP contribution in [0.2, 0.25) is 9.26 Å². The maximum absolute atomic E-state index is 6.40. The number of rotatable bonds is 5. The number of halogens is 2. The monoisotopic (exact) mass is 814 g/mol. The molecule has 0 saturated carbocycles. The summed E-state index contributed by atoms with van der Waals surface area (Å²) in [4.78, 5) is 0. The van der Waals surface area contributed by atoms with Gasteiger partial charge in [-0.3, -0.25) is 0 Å². The van der Waals surface area contributed by atoms with Crippen LogP contribution in [0.5, 0.6) is 5.75 Å². The van der Waals surface area contributed by atoms with Crippen LogP contribution in [0.15, 0.2) is 91.3 Å². The number of hydrogen-bond donors (Lipinski definition) is 0. The van der Waals surface area contributed by atoms with Gasteiger partial charge in [0.15, 0.2) is 0 Å². The summed E-state index contributed by atoms with van der Waals surface area (Å²) in [5.74, 6) is 1.41. The van der Waals surface area contributed by atoms with Crippen LogP contribution in [0.25, 0.3) is 17.2 Å². The zero-order valence-electron chi connectivity index (χ0n) is 33.0. The molecule has 3 aromatic carbocycles. The first-order chi connectivity index (χ1) is 22.9. The molecular formula is C46H58Cl2OSiZr. The van der Waals surface area contributed by atoms with Gasteiger partial charge >= 0.3 is 301 Å². The molecule has 0 spiro atoms. The minimum Gasteiger partial charge on any atom is -0.147 e. The molecule has 1 nitrogen and oxygen atoms in total. The largest absolute Gasteiger partial charge is 0.147 e. The van der Waals surface area contributed by atoms with Gasteiger partial charge < -0.3 is 0 Å². The number of fused-ring (bicyclic) bond motifs is 2. The summed E-state index contributed by atoms with van der Waals surface area (Å²) >= 11 is -3.87. The van der Waals surface area contributed by atoms with Gasteiger partial charge in [-0.25, -0.2) is 0 Å². The Labute approximate surface area is 323 Å². The molecule has 3 aromatic rings. The molecule has 7 rings (SSSR count). The Balaban J connectivity index is 0.00000252. The van der Waals surface area contributed by atoms with Gasteiger partial charge in [0.2, 0.25) is 0 Å². The molecule has 0 aliphatic heterocycles. The third kappa shape index (κ3) is 6.55. The standard InChI is InChI=1S/C23H27O.C21H21.2CH3.2ClH.H2Si.Zr/c1-14-8-15(2)11-18(10-14)21-19-12-16(3)9-17(19)13-20(22(21)24-7)23(4,5)6;1-13-7-14(2)10-18(9-13)21-19-6-4-5-16(19)12-17-8-15(3)11-20(17)21;;;;;;/h8-13H,1-7H3;7,9-12,21H,4-6H2,1-3H3;2*1H3;2*1H;1H2;. The second-order valence-electron chi connectivity index (χ2n) is 18.1. The molecule has 0 saturated heterocycles. The van der Waals surface area contributed by atoms with Crippen molar-refractivity contribution in [2.45, 2.75) is 106 Å². The second-order valence-corrected chi connectivity index (χ2v) is 47.4. The van der Waals surface area contributed by atoms with Crippen LogP contribution in [0, 0.1) is 27.7 Å². The zero-order chi connectivity index (χ0) is 35.4. The van der Waals surface area contributed by atoms with Gasteiger partial charge in [0, 0.05) is 0 Å². The molecule has 51 heavy (non-hydrogen) atoms. The van der Waals surface area contributed by atoms with Gasteiger partial charge in [0.1, 0.15) is 0 Å². The van der Waals surface area contributed by atoms with Crippen molar-refractivity contribution in [3.63, 3.8) is 0 Å². The first kappa shape index (κ1) is 40.0. The Morgan fingerprint density at radius 1 is 0.765 bits per heavy atom. The van der Waals surface area contributed by atoms with Crippen LogP contribution in [-0.4, -0.2) is 14.0 Å². The molecule has 0 N–H and O–H groups in total. The molecule has 2 atom stereocenters. The number of allylic oxidation sites excluding steroid dienone is 9. The van der Waals surface area contributed by atoms with Crippen molar-refractivity contribution in [1.29, 1.82) is 0 Å². The van der Waals surface area contributed by atoms with E-state index in [1.165, 1.54) is 86.0 Å². The number of ether oxygens (including phenoxy) is 1. The molecule has 0 aromatic heterocycles. The van der Waals surface area contributed by atoms with E-state index in [1.54, 1.807) is 25.6 Å². The Morgan fingerprint density at radius 2 is 1.35 bits per heavy atom. The summed E-state index contributed by atoms with van der Waals surface area (Å²) in [5, 5.41) is 0. The fourth-order valence-corrected chi connectivity index (χ4v) is 30.2. The van der Waals surface area contributed by atoms with Crippen LogP contribution < -0.4 is 4.74 Å². The topological polar surface area (TPSA) is 9.23 Å². The van der Waals surface area contributed by atoms with Gasteiger partial charge in [-0.2, -0.15) is 0 Å². The first-order valence-electron chi connectivity index (χ1n) is 18.4. The fourth-order valence-electron chi connectivity index (χ4n) is 10.6. The first-order valence-corrected chi connectivity index (χ1v) is 31.9. The van der Waals surface area contributed by atoms with Crippen LogP contribution in [0.4, 0.5) is 0 Å². The van der Waals surface area contributed by atoms with Crippen molar-refractivity contribution in [3.05, 3.63) is 136 Å². The van der Waals surface area contributed by atoms with Crippen molar-refractivity contribution in [2.24, 2.45) is 0 Å². The third-order valence-electron chi connectivity index (χ3n) is 12.0. The molecule has 0 amide bonds. The molecule has 2 unspecified atom stereocenters. The van der Waals surface area contributed by atoms with E-state index in [0.717, 1.165) is 5.75 Å². The second kappa shape index (κ2) is 13.6. The number of aryl methyl sites for hydroxylation is 4. The Hall–Kier alpha value is -2.16. The van der Waals surface area contributed by atoms with Crippen molar-refractivity contribution >= 4 is 37.8 Å². The van der Waals surface area contributed by atoms with E-state index in [0.29, 0.717) is 9.54 Å². The summed E-state index contributed by atoms with van der Waals surface area (Å²) in [6.45, 7) is 23.3. The summed E-state index contributed by atoms with van der Waals surface area (Å²) in [5.41, 5.74) is 23.0. The minimum atomic E-state index is -3.87. The van der Waals surface area contributed by atoms with Gasteiger partial charge in [-0.15, -0.1) is 24.8 Å². The van der Waals surface area contributed by atoms with E-state index in [4.69, 9.17) is 4.74 Å². The van der Waals surface area contributed by atoms with E-state index in [1.807, 2.05) is 7.11 Å². The zero-order valence-corrected chi connectivity index (χ0v) is 38.5. The Morgan fingerprint density at radius 3 is 1.92 bits per heavy atom. The predicted molar refractivity (Wildman–Crippen MR) is 226 cm³/mol. The fraction of sp³-hybridized carbons (Fsp3) is 0.391. The van der Waals surface area contributed by atoms with E-state index in [2.05, 4.69) is 139 Å². The Kier molecular flexibility index (Phi) is 10.7. The number of methoxy groups -OCH3 is 1. The van der Waals surface area contributed by atoms with E-state index in [-0.39, 0.29) is 30.2 Å². The summed E-state index contributed by atoms with van der Waals surface area (Å²) in [7, 11) is 1.87. The molecule has 0 bridgehead atoms. The number of benzene rings is 3. The number of hydrogen-bond acceptors (Lipinski definition) is 1. The van der Waals surface area contributed by atoms with Crippen molar-refractivity contribution in [3.8, 4) is 16.9 Å². The van der Waals surface area contributed by atoms with Gasteiger partial charge in [-0.05, 0) is 0 Å². The predicted octanol–water partition coefficient (Wildman–Crippen LogP) is 12.9. The normalized spacial score (nSPS) is 19.8. The molecule has 0 radical (unpaired) electrons. The molecule has 4 aliphatic rings. The van der Waals surface area contributed by atoms with Crippen LogP contribution in [0.1, 0.15) is 108 Å². The van der Waals surface area contributed by atoms with Crippen LogP contribution >= 0.6 is 24.8 Å². The van der Waals surface area contributed by atoms with E-state index >= 15 is 0 Å². The van der Waals surface area contributed by atoms with E-state index in [9.17, 15) is 0 Å². The van der Waals surface area contributed by atoms with E-state index < -0.39 is 17.4 Å². The smallest absolute Gasteiger partial charge is 0.147 e. The average molecular weight is 817 g/mol. The van der Waals surface area contributed by atoms with Crippen molar-refractivity contribution in [1.82, 2.24) is 0 Å². The molecule has 0 fully saturated rings. The van der Waals surface area contributed by atoms with Gasteiger partial charge in [-0.1, -0.05) is 0 Å². The maximum Gasteiger partial charge on any atom is -0.147 e. The third-order valence-corrected chi connectivity index (χ3v) is 28.6. The summed E-state index contributed by atoms with van der Waals surface area (Å²) in [6, 6.07) is 16.8. The van der Waals surface area contributed by atoms with Crippen LogP contribution in [-0.2, 0) is 22.8 Å². The van der Waals surface area contributed by atoms with Gasteiger partial charge in [0.05, 0.1) is 0 Å². The SMILES string of the molecule is COc1c(C(C)(C)C)cc2c(c1-c1cc(C)cc(C)c1)C=C(C)[CH]2[Zr]([CH3])([CH3])(=[SiH2])[C]1=C(C)C=C2C1=CC1=C(CCC1)C2c1cc(C)cc(C)c1.Cl.Cl. The molecule has 5 heteroatoms. The molecule has 0 heterocycles. The maximum atomic E-state index is 6.40. The summed E-state index contributed by atoms with van der Waals surface area (Å²) < 4.78 is 14.1. The van der Waals surface area contributed by atoms with Crippen LogP contribution in [0.3, 0.4) is 0 Å². The quantitative estimate of drug-likeness (QED) is 0.233. The molecule has 270 valence electrons. The molecular weight excluding hydrogens is 759 g/mol. The molecule has 4 aliphatic carbocycles. The minimum absolute atomic E-state index is 0.